The highest BCUT2D eigenvalue weighted by Gasteiger charge is 2.20. The van der Waals surface area contributed by atoms with Crippen LogP contribution in [0.4, 0.5) is 20.6 Å². The van der Waals surface area contributed by atoms with E-state index in [2.05, 4.69) is 15.6 Å². The van der Waals surface area contributed by atoms with Gasteiger partial charge < -0.3 is 15.5 Å². The summed E-state index contributed by atoms with van der Waals surface area (Å²) in [6.07, 6.45) is 2.65. The summed E-state index contributed by atoms with van der Waals surface area (Å²) >= 11 is 5.91. The van der Waals surface area contributed by atoms with E-state index in [-0.39, 0.29) is 17.1 Å². The van der Waals surface area contributed by atoms with Gasteiger partial charge in [0.05, 0.1) is 22.8 Å². The van der Waals surface area contributed by atoms with E-state index >= 15 is 4.39 Å². The Bertz CT molecular complexity index is 1600. The van der Waals surface area contributed by atoms with Gasteiger partial charge in [0, 0.05) is 28.7 Å². The van der Waals surface area contributed by atoms with Gasteiger partial charge in [-0.15, -0.1) is 0 Å². The molecule has 0 unspecified atom stereocenters. The molecule has 0 aliphatic rings. The third-order valence-corrected chi connectivity index (χ3v) is 7.04. The highest BCUT2D eigenvalue weighted by Crippen LogP contribution is 2.30. The summed E-state index contributed by atoms with van der Waals surface area (Å²) in [5.41, 5.74) is 1.60. The minimum absolute atomic E-state index is 0.0252. The van der Waals surface area contributed by atoms with Crippen molar-refractivity contribution >= 4 is 44.8 Å². The fourth-order valence-electron chi connectivity index (χ4n) is 3.80. The molecule has 3 amide bonds. The first kappa shape index (κ1) is 27.7. The second-order valence-electron chi connectivity index (χ2n) is 8.63. The van der Waals surface area contributed by atoms with Gasteiger partial charge in [-0.05, 0) is 60.2 Å². The van der Waals surface area contributed by atoms with Crippen LogP contribution in [0.15, 0.2) is 96.0 Å². The van der Waals surface area contributed by atoms with Crippen LogP contribution in [0, 0.1) is 5.82 Å². The Morgan fingerprint density at radius 3 is 2.33 bits per heavy atom. The molecule has 0 atom stereocenters. The van der Waals surface area contributed by atoms with Gasteiger partial charge in [0.15, 0.2) is 9.84 Å². The molecule has 0 bridgehead atoms. The second-order valence-corrected chi connectivity index (χ2v) is 11.0. The average Bonchev–Trinajstić information content (AvgIpc) is 2.91. The number of halogens is 2. The number of urea groups is 1. The van der Waals surface area contributed by atoms with Gasteiger partial charge >= 0.3 is 6.03 Å². The predicted octanol–water partition coefficient (Wildman–Crippen LogP) is 5.62. The molecular formula is C28H24ClFN4O4S. The van der Waals surface area contributed by atoms with Crippen LogP contribution in [0.3, 0.4) is 0 Å². The van der Waals surface area contributed by atoms with Gasteiger partial charge in [-0.1, -0.05) is 41.9 Å². The quantitative estimate of drug-likeness (QED) is 0.288. The molecule has 11 heteroatoms. The highest BCUT2D eigenvalue weighted by atomic mass is 35.5. The Hall–Kier alpha value is -4.28. The molecule has 2 N–H and O–H groups in total. The number of anilines is 2. The number of carbonyl (C=O) groups is 2. The molecule has 4 rings (SSSR count). The number of rotatable bonds is 8. The lowest BCUT2D eigenvalue weighted by atomic mass is 10.0. The lowest BCUT2D eigenvalue weighted by Crippen LogP contribution is -2.40. The van der Waals surface area contributed by atoms with Crippen molar-refractivity contribution in [1.29, 1.82) is 0 Å². The zero-order valence-electron chi connectivity index (χ0n) is 20.8. The molecule has 39 heavy (non-hydrogen) atoms. The zero-order valence-corrected chi connectivity index (χ0v) is 22.3. The fourth-order valence-corrected chi connectivity index (χ4v) is 4.84. The number of nitrogens with zero attached hydrogens (tertiary/aromatic N) is 2. The third-order valence-electron chi connectivity index (χ3n) is 5.64. The van der Waals surface area contributed by atoms with Crippen molar-refractivity contribution in [1.82, 2.24) is 9.88 Å². The minimum atomic E-state index is -3.54. The fraction of sp³-hybridized carbons (Fsp3) is 0.107. The molecule has 1 heterocycles. The van der Waals surface area contributed by atoms with Crippen LogP contribution in [0.1, 0.15) is 5.69 Å². The first-order chi connectivity index (χ1) is 18.6. The van der Waals surface area contributed by atoms with Crippen molar-refractivity contribution in [3.05, 3.63) is 108 Å². The van der Waals surface area contributed by atoms with E-state index in [0.717, 1.165) is 12.3 Å². The molecule has 0 radical (unpaired) electrons. The summed E-state index contributed by atoms with van der Waals surface area (Å²) < 4.78 is 39.3. The summed E-state index contributed by atoms with van der Waals surface area (Å²) in [7, 11) is -3.54. The lowest BCUT2D eigenvalue weighted by molar-refractivity contribution is -0.116. The molecule has 0 saturated carbocycles. The molecular weight excluding hydrogens is 543 g/mol. The molecule has 0 aliphatic carbocycles. The summed E-state index contributed by atoms with van der Waals surface area (Å²) in [5, 5.41) is 5.70. The average molecular weight is 567 g/mol. The van der Waals surface area contributed by atoms with Crippen LogP contribution in [0.5, 0.6) is 0 Å². The normalized spacial score (nSPS) is 11.1. The number of nitrogens with one attached hydrogen (secondary N) is 2. The van der Waals surface area contributed by atoms with Crippen molar-refractivity contribution in [3.63, 3.8) is 0 Å². The largest absolute Gasteiger partial charge is 0.322 e. The SMILES string of the molecule is CS(=O)(=O)c1ccccc1-c1ccc(NC(=O)CN(Cc2ccccn2)C(=O)Nc2ccc(Cl)cc2)c(F)c1. The molecule has 0 fully saturated rings. The highest BCUT2D eigenvalue weighted by molar-refractivity contribution is 7.90. The Kier molecular flexibility index (Phi) is 8.58. The lowest BCUT2D eigenvalue weighted by Gasteiger charge is -2.22. The standard InChI is InChI=1S/C28H24ClFN4O4S/c1-39(37,38)26-8-3-2-7-23(26)19-9-14-25(24(30)16-19)33-27(35)18-34(17-22-6-4-5-15-31-22)28(36)32-21-12-10-20(29)11-13-21/h2-16H,17-18H2,1H3,(H,32,36)(H,33,35). The van der Waals surface area contributed by atoms with Gasteiger partial charge in [0.1, 0.15) is 12.4 Å². The third kappa shape index (κ3) is 7.40. The van der Waals surface area contributed by atoms with Gasteiger partial charge in [0.25, 0.3) is 0 Å². The maximum absolute atomic E-state index is 15.0. The second kappa shape index (κ2) is 12.1. The Balaban J connectivity index is 1.51. The maximum Gasteiger partial charge on any atom is 0.322 e. The first-order valence-corrected chi connectivity index (χ1v) is 14.0. The smallest absolute Gasteiger partial charge is 0.322 e. The molecule has 200 valence electrons. The van der Waals surface area contributed by atoms with Crippen molar-refractivity contribution < 1.29 is 22.4 Å². The van der Waals surface area contributed by atoms with Crippen molar-refractivity contribution in [2.24, 2.45) is 0 Å². The number of benzene rings is 3. The summed E-state index contributed by atoms with van der Waals surface area (Å²) in [6, 6.07) is 21.4. The van der Waals surface area contributed by atoms with Crippen LogP contribution >= 0.6 is 11.6 Å². The van der Waals surface area contributed by atoms with Crippen LogP contribution < -0.4 is 10.6 Å². The number of carbonyl (C=O) groups excluding carboxylic acids is 2. The molecule has 4 aromatic rings. The van der Waals surface area contributed by atoms with Gasteiger partial charge in [-0.2, -0.15) is 0 Å². The molecule has 0 saturated heterocycles. The zero-order chi connectivity index (χ0) is 28.0. The van der Waals surface area contributed by atoms with E-state index in [0.29, 0.717) is 27.5 Å². The predicted molar refractivity (Wildman–Crippen MR) is 149 cm³/mol. The first-order valence-electron chi connectivity index (χ1n) is 11.7. The number of pyridine rings is 1. The van der Waals surface area contributed by atoms with Gasteiger partial charge in [-0.3, -0.25) is 9.78 Å². The van der Waals surface area contributed by atoms with E-state index in [1.54, 1.807) is 66.9 Å². The Morgan fingerprint density at radius 2 is 1.67 bits per heavy atom. The van der Waals surface area contributed by atoms with E-state index < -0.39 is 34.1 Å². The minimum Gasteiger partial charge on any atom is -0.322 e. The summed E-state index contributed by atoms with van der Waals surface area (Å²) in [6.45, 7) is -0.370. The van der Waals surface area contributed by atoms with Crippen LogP contribution in [-0.2, 0) is 21.2 Å². The van der Waals surface area contributed by atoms with Gasteiger partial charge in [0.2, 0.25) is 5.91 Å². The topological polar surface area (TPSA) is 108 Å². The van der Waals surface area contributed by atoms with Crippen molar-refractivity contribution in [2.75, 3.05) is 23.4 Å². The van der Waals surface area contributed by atoms with Crippen molar-refractivity contribution in [3.8, 4) is 11.1 Å². The molecule has 3 aromatic carbocycles. The van der Waals surface area contributed by atoms with E-state index in [1.165, 1.54) is 23.1 Å². The summed E-state index contributed by atoms with van der Waals surface area (Å²) in [5.74, 6) is -1.40. The Morgan fingerprint density at radius 1 is 0.949 bits per heavy atom. The van der Waals surface area contributed by atoms with Crippen LogP contribution in [0.2, 0.25) is 5.02 Å². The molecule has 1 aromatic heterocycles. The number of hydrogen-bond acceptors (Lipinski definition) is 5. The maximum atomic E-state index is 15.0. The monoisotopic (exact) mass is 566 g/mol. The molecule has 0 aliphatic heterocycles. The Labute approximate surface area is 230 Å². The number of hydrogen-bond donors (Lipinski definition) is 2. The molecule has 0 spiro atoms. The summed E-state index contributed by atoms with van der Waals surface area (Å²) in [4.78, 5) is 31.4. The number of sulfone groups is 1. The van der Waals surface area contributed by atoms with Crippen LogP contribution in [-0.4, -0.2) is 43.0 Å². The number of amides is 3. The van der Waals surface area contributed by atoms with Crippen molar-refractivity contribution in [2.45, 2.75) is 11.4 Å². The van der Waals surface area contributed by atoms with E-state index in [1.807, 2.05) is 0 Å². The van der Waals surface area contributed by atoms with Crippen LogP contribution in [0.25, 0.3) is 11.1 Å². The molecule has 8 nitrogen and oxygen atoms in total. The van der Waals surface area contributed by atoms with E-state index in [9.17, 15) is 18.0 Å². The van der Waals surface area contributed by atoms with E-state index in [4.69, 9.17) is 11.6 Å². The number of aromatic nitrogens is 1. The van der Waals surface area contributed by atoms with Gasteiger partial charge in [-0.25, -0.2) is 17.6 Å².